The van der Waals surface area contributed by atoms with Crippen molar-refractivity contribution in [3.8, 4) is 11.5 Å². The van der Waals surface area contributed by atoms with Gasteiger partial charge in [-0.05, 0) is 18.2 Å². The van der Waals surface area contributed by atoms with E-state index in [-0.39, 0.29) is 75.7 Å². The molecule has 2 aromatic heterocycles. The summed E-state index contributed by atoms with van der Waals surface area (Å²) >= 11 is 5.62. The van der Waals surface area contributed by atoms with Crippen molar-refractivity contribution in [2.24, 2.45) is 19.8 Å². The maximum Gasteiger partial charge on any atom is 0.323 e. The van der Waals surface area contributed by atoms with Crippen LogP contribution in [0.5, 0.6) is 11.5 Å². The van der Waals surface area contributed by atoms with Crippen molar-refractivity contribution in [1.29, 1.82) is 0 Å². The molecule has 4 N–H and O–H groups in total. The second-order valence-electron chi connectivity index (χ2n) is 12.6. The van der Waals surface area contributed by atoms with Gasteiger partial charge in [-0.2, -0.15) is 10.2 Å². The molecule has 0 aliphatic carbocycles. The van der Waals surface area contributed by atoms with E-state index in [2.05, 4.69) is 20.8 Å². The molecule has 6 rings (SSSR count). The Labute approximate surface area is 316 Å². The Hall–Kier alpha value is -5.69. The van der Waals surface area contributed by atoms with Gasteiger partial charge in [0.15, 0.2) is 34.9 Å². The molecule has 55 heavy (non-hydrogen) atoms. The summed E-state index contributed by atoms with van der Waals surface area (Å²) < 4.78 is 67.4. The molecule has 2 aliphatic heterocycles. The summed E-state index contributed by atoms with van der Waals surface area (Å²) in [6.45, 7) is 1.56. The van der Waals surface area contributed by atoms with E-state index in [1.165, 1.54) is 50.5 Å². The summed E-state index contributed by atoms with van der Waals surface area (Å²) in [5.74, 6) is -3.22. The fourth-order valence-electron chi connectivity index (χ4n) is 5.69. The highest BCUT2D eigenvalue weighted by Crippen LogP contribution is 2.27. The number of likely N-dealkylation sites (tertiary alicyclic amines) is 2. The molecule has 0 bridgehead atoms. The number of halogens is 5. The van der Waals surface area contributed by atoms with E-state index in [0.29, 0.717) is 51.9 Å². The Morgan fingerprint density at radius 2 is 1.15 bits per heavy atom. The van der Waals surface area contributed by atoms with Crippen LogP contribution in [0.4, 0.5) is 38.8 Å². The van der Waals surface area contributed by atoms with Gasteiger partial charge in [0.05, 0.1) is 5.02 Å². The number of carbonyl (C=O) groups excluding carboxylic acids is 2. The Morgan fingerprint density at radius 3 is 1.55 bits per heavy atom. The highest BCUT2D eigenvalue weighted by molar-refractivity contribution is 6.30. The van der Waals surface area contributed by atoms with Crippen LogP contribution in [0.1, 0.15) is 31.2 Å². The number of hydrogen-bond acceptors (Lipinski definition) is 9. The first-order valence-electron chi connectivity index (χ1n) is 17.1. The summed E-state index contributed by atoms with van der Waals surface area (Å²) in [4.78, 5) is 50.5. The third-order valence-corrected chi connectivity index (χ3v) is 8.98. The first kappa shape index (κ1) is 40.5. The summed E-state index contributed by atoms with van der Waals surface area (Å²) in [7, 11) is 2.99. The number of benzene rings is 2. The minimum atomic E-state index is -1.11. The molecule has 4 heterocycles. The molecule has 0 radical (unpaired) electrons. The number of piperidine rings is 2. The molecule has 0 saturated carbocycles. The lowest BCUT2D eigenvalue weighted by Gasteiger charge is -2.32. The maximum atomic E-state index is 13.6. The van der Waals surface area contributed by atoms with Crippen LogP contribution in [0.15, 0.2) is 58.1 Å². The quantitative estimate of drug-likeness (QED) is 0.181. The van der Waals surface area contributed by atoms with Crippen LogP contribution in [-0.2, 0) is 20.6 Å². The van der Waals surface area contributed by atoms with E-state index in [0.717, 1.165) is 21.5 Å². The average molecular weight is 792 g/mol. The van der Waals surface area contributed by atoms with Gasteiger partial charge in [-0.25, -0.2) is 36.5 Å². The number of nitrogens with one attached hydrogen (secondary N) is 2. The van der Waals surface area contributed by atoms with Crippen LogP contribution >= 0.6 is 11.6 Å². The highest BCUT2D eigenvalue weighted by Gasteiger charge is 2.26. The number of anilines is 2. The monoisotopic (exact) mass is 791 g/mol. The lowest BCUT2D eigenvalue weighted by molar-refractivity contribution is 0.114. The van der Waals surface area contributed by atoms with Gasteiger partial charge in [0.2, 0.25) is 0 Å². The van der Waals surface area contributed by atoms with Crippen LogP contribution in [-0.4, -0.2) is 79.8 Å². The summed E-state index contributed by atoms with van der Waals surface area (Å²) in [5.41, 5.74) is 4.92. The van der Waals surface area contributed by atoms with Crippen LogP contribution in [0.25, 0.3) is 0 Å². The number of hydrogen-bond donors (Lipinski definition) is 3. The van der Waals surface area contributed by atoms with E-state index >= 15 is 0 Å². The lowest BCUT2D eigenvalue weighted by atomic mass is 10.1. The predicted octanol–water partition coefficient (Wildman–Crippen LogP) is 4.38. The number of carbonyl (C=O) groups is 2. The van der Waals surface area contributed by atoms with Crippen LogP contribution in [0, 0.1) is 23.3 Å². The van der Waals surface area contributed by atoms with Crippen LogP contribution in [0.3, 0.4) is 0 Å². The maximum absolute atomic E-state index is 13.6. The fourth-order valence-corrected chi connectivity index (χ4v) is 5.89. The Morgan fingerprint density at radius 1 is 0.727 bits per heavy atom. The third kappa shape index (κ3) is 10.7. The molecule has 2 fully saturated rings. The first-order valence-corrected chi connectivity index (χ1v) is 17.4. The molecular weight excluding hydrogens is 754 g/mol. The topological polar surface area (TPSA) is 179 Å². The van der Waals surface area contributed by atoms with E-state index in [1.54, 1.807) is 9.80 Å². The number of ether oxygens (including phenoxy) is 2. The lowest BCUT2D eigenvalue weighted by Crippen LogP contribution is -2.44. The largest absolute Gasteiger partial charge is 0.490 e. The molecule has 15 nitrogen and oxygen atoms in total. The zero-order valence-corrected chi connectivity index (χ0v) is 30.5. The van der Waals surface area contributed by atoms with Gasteiger partial charge in [-0.3, -0.25) is 20.2 Å². The van der Waals surface area contributed by atoms with Gasteiger partial charge < -0.3 is 25.0 Å². The van der Waals surface area contributed by atoms with Gasteiger partial charge in [-0.1, -0.05) is 11.6 Å². The number of urea groups is 2. The Balaban J connectivity index is 0.000000211. The second kappa shape index (κ2) is 18.1. The molecule has 2 saturated heterocycles. The third-order valence-electron chi connectivity index (χ3n) is 8.71. The molecular formula is C35H38ClF4N9O6. The van der Waals surface area contributed by atoms with Gasteiger partial charge in [0.25, 0.3) is 11.1 Å². The average Bonchev–Trinajstić information content (AvgIpc) is 3.16. The van der Waals surface area contributed by atoms with Gasteiger partial charge in [0, 0.05) is 108 Å². The van der Waals surface area contributed by atoms with E-state index < -0.39 is 23.3 Å². The SMILES string of the molecule is Cn1nc(NC(=O)N2CCC(Oc3cc(F)c(F)c(CN)c3)CC2)ccc1=O.Cn1nc(NC(=O)N2CCC(Oc3cc(F)c(F)c(Cl)c3)CC2)ccc1=O. The number of amides is 4. The van der Waals surface area contributed by atoms with Gasteiger partial charge in [-0.15, -0.1) is 0 Å². The van der Waals surface area contributed by atoms with E-state index in [9.17, 15) is 36.7 Å². The zero-order chi connectivity index (χ0) is 39.8. The molecule has 2 aromatic carbocycles. The molecule has 0 atom stereocenters. The van der Waals surface area contributed by atoms with Crippen LogP contribution in [0.2, 0.25) is 5.02 Å². The standard InChI is InChI=1S/C18H21F2N5O3.C17H17ClF2N4O3/c1-24-16(26)3-2-15(23-24)22-18(27)25-6-4-12(5-7-25)28-13-8-11(10-21)17(20)14(19)9-13;1-23-15(25)3-2-14(22-23)21-17(26)24-6-4-10(5-7-24)27-11-8-12(18)16(20)13(19)9-11/h2-3,8-9,12H,4-7,10,21H2,1H3,(H,22,23,27);2-3,8-10H,4-7H2,1H3,(H,21,22,26). The van der Waals surface area contributed by atoms with Crippen molar-refractivity contribution in [3.63, 3.8) is 0 Å². The fraction of sp³-hybridized carbons (Fsp3) is 0.371. The zero-order valence-electron chi connectivity index (χ0n) is 29.7. The summed E-state index contributed by atoms with van der Waals surface area (Å²) in [6.07, 6.45) is 1.63. The molecule has 0 spiro atoms. The number of nitrogens with zero attached hydrogens (tertiary/aromatic N) is 6. The number of aryl methyl sites for hydroxylation is 2. The van der Waals surface area contributed by atoms with Crippen molar-refractivity contribution >= 4 is 35.3 Å². The second-order valence-corrected chi connectivity index (χ2v) is 13.0. The molecule has 0 unspecified atom stereocenters. The Bertz CT molecular complexity index is 2120. The highest BCUT2D eigenvalue weighted by atomic mass is 35.5. The minimum Gasteiger partial charge on any atom is -0.490 e. The van der Waals surface area contributed by atoms with Gasteiger partial charge >= 0.3 is 12.1 Å². The number of aromatic nitrogens is 4. The van der Waals surface area contributed by atoms with Crippen LogP contribution < -0.4 is 37.0 Å². The van der Waals surface area contributed by atoms with Crippen molar-refractivity contribution in [2.75, 3.05) is 36.8 Å². The molecule has 20 heteroatoms. The predicted molar refractivity (Wildman–Crippen MR) is 193 cm³/mol. The van der Waals surface area contributed by atoms with Crippen molar-refractivity contribution in [1.82, 2.24) is 29.4 Å². The summed E-state index contributed by atoms with van der Waals surface area (Å²) in [5, 5.41) is 12.8. The molecule has 4 amide bonds. The molecule has 4 aromatic rings. The summed E-state index contributed by atoms with van der Waals surface area (Å²) in [6, 6.07) is 9.41. The van der Waals surface area contributed by atoms with E-state index in [1.807, 2.05) is 0 Å². The molecule has 294 valence electrons. The van der Waals surface area contributed by atoms with Gasteiger partial charge in [0.1, 0.15) is 23.7 Å². The Kier molecular flexibility index (Phi) is 13.3. The molecule has 2 aliphatic rings. The van der Waals surface area contributed by atoms with E-state index in [4.69, 9.17) is 26.8 Å². The number of nitrogens with two attached hydrogens (primary N) is 1. The smallest absolute Gasteiger partial charge is 0.323 e. The minimum absolute atomic E-state index is 0.0524. The van der Waals surface area contributed by atoms with Crippen molar-refractivity contribution in [2.45, 2.75) is 44.4 Å². The normalized spacial score (nSPS) is 14.8. The van der Waals surface area contributed by atoms with Crippen molar-refractivity contribution < 1.29 is 36.6 Å². The van der Waals surface area contributed by atoms with Crippen molar-refractivity contribution in [3.05, 3.63) is 103 Å². The number of rotatable bonds is 7. The first-order chi connectivity index (χ1) is 26.2.